The van der Waals surface area contributed by atoms with Crippen LogP contribution in [0.5, 0.6) is 5.75 Å². The molecule has 0 unspecified atom stereocenters. The molecule has 0 saturated carbocycles. The van der Waals surface area contributed by atoms with Crippen LogP contribution in [0.15, 0.2) is 42.5 Å². The van der Waals surface area contributed by atoms with Crippen LogP contribution in [0.3, 0.4) is 0 Å². The molecule has 0 radical (unpaired) electrons. The van der Waals surface area contributed by atoms with Gasteiger partial charge in [0, 0.05) is 19.2 Å². The summed E-state index contributed by atoms with van der Waals surface area (Å²) in [5, 5.41) is 11.6. The summed E-state index contributed by atoms with van der Waals surface area (Å²) in [6.07, 6.45) is 0. The Bertz CT molecular complexity index is 1130. The van der Waals surface area contributed by atoms with Crippen molar-refractivity contribution in [2.75, 3.05) is 43.2 Å². The average Bonchev–Trinajstić information content (AvgIpc) is 3.19. The van der Waals surface area contributed by atoms with Crippen LogP contribution in [-0.2, 0) is 14.3 Å². The minimum Gasteiger partial charge on any atom is -0.482 e. The Balaban J connectivity index is 1.65. The molecule has 0 N–H and O–H groups in total. The van der Waals surface area contributed by atoms with Crippen molar-refractivity contribution < 1.29 is 24.0 Å². The maximum absolute atomic E-state index is 13.2. The van der Waals surface area contributed by atoms with Gasteiger partial charge >= 0.3 is 0 Å². The van der Waals surface area contributed by atoms with Gasteiger partial charge in [-0.3, -0.25) is 29.5 Å². The zero-order valence-electron chi connectivity index (χ0n) is 16.5. The van der Waals surface area contributed by atoms with E-state index < -0.39 is 10.8 Å². The van der Waals surface area contributed by atoms with E-state index in [9.17, 15) is 19.7 Å². The molecule has 2 amide bonds. The summed E-state index contributed by atoms with van der Waals surface area (Å²) < 4.78 is 11.4. The van der Waals surface area contributed by atoms with Crippen molar-refractivity contribution in [1.82, 2.24) is 4.98 Å². The quantitative estimate of drug-likeness (QED) is 0.408. The van der Waals surface area contributed by atoms with E-state index in [-0.39, 0.29) is 43.6 Å². The molecule has 2 aromatic carbocycles. The van der Waals surface area contributed by atoms with Gasteiger partial charge in [-0.1, -0.05) is 23.5 Å². The van der Waals surface area contributed by atoms with Gasteiger partial charge in [-0.15, -0.1) is 0 Å². The van der Waals surface area contributed by atoms with Crippen LogP contribution in [0.1, 0.15) is 0 Å². The number of anilines is 2. The van der Waals surface area contributed by atoms with Gasteiger partial charge in [0.2, 0.25) is 5.91 Å². The van der Waals surface area contributed by atoms with Gasteiger partial charge in [-0.25, -0.2) is 4.98 Å². The Morgan fingerprint density at radius 1 is 1.35 bits per heavy atom. The fourth-order valence-electron chi connectivity index (χ4n) is 3.18. The van der Waals surface area contributed by atoms with Crippen LogP contribution in [0, 0.1) is 10.1 Å². The first-order valence-electron chi connectivity index (χ1n) is 9.34. The highest BCUT2D eigenvalue weighted by atomic mass is 32.1. The maximum atomic E-state index is 13.2. The van der Waals surface area contributed by atoms with E-state index in [1.807, 2.05) is 24.3 Å². The lowest BCUT2D eigenvalue weighted by Gasteiger charge is -2.30. The standard InChI is InChI=1S/C20H18N4O6S/c1-29-9-8-22(20-21-14-4-2-3-5-17(14)31-20)18(25)11-23-15-10-13(24(27)28)6-7-16(15)30-12-19(23)26/h2-7,10H,8-9,11-12H2,1H3. The summed E-state index contributed by atoms with van der Waals surface area (Å²) >= 11 is 1.36. The second kappa shape index (κ2) is 8.66. The van der Waals surface area contributed by atoms with Crippen molar-refractivity contribution in [2.45, 2.75) is 0 Å². The minimum absolute atomic E-state index is 0.190. The first kappa shape index (κ1) is 20.7. The number of benzene rings is 2. The van der Waals surface area contributed by atoms with E-state index in [0.717, 1.165) is 10.2 Å². The lowest BCUT2D eigenvalue weighted by Crippen LogP contribution is -2.47. The topological polar surface area (TPSA) is 115 Å². The number of non-ortho nitro benzene ring substituents is 1. The van der Waals surface area contributed by atoms with E-state index >= 15 is 0 Å². The summed E-state index contributed by atoms with van der Waals surface area (Å²) in [6, 6.07) is 11.5. The van der Waals surface area contributed by atoms with Crippen LogP contribution >= 0.6 is 11.3 Å². The Morgan fingerprint density at radius 2 is 2.16 bits per heavy atom. The Hall–Kier alpha value is -3.57. The predicted molar refractivity (Wildman–Crippen MR) is 115 cm³/mol. The molecule has 0 fully saturated rings. The number of rotatable bonds is 7. The number of nitrogens with zero attached hydrogens (tertiary/aromatic N) is 4. The fraction of sp³-hybridized carbons (Fsp3) is 0.250. The Morgan fingerprint density at radius 3 is 2.90 bits per heavy atom. The first-order valence-corrected chi connectivity index (χ1v) is 10.2. The SMILES string of the molecule is COCCN(C(=O)CN1C(=O)COc2ccc([N+](=O)[O-])cc21)c1nc2ccccc2s1. The number of carbonyl (C=O) groups excluding carboxylic acids is 2. The van der Waals surface area contributed by atoms with Crippen molar-refractivity contribution in [2.24, 2.45) is 0 Å². The number of aromatic nitrogens is 1. The number of methoxy groups -OCH3 is 1. The summed E-state index contributed by atoms with van der Waals surface area (Å²) in [5.74, 6) is -0.539. The molecule has 1 aliphatic rings. The van der Waals surface area contributed by atoms with Gasteiger partial charge in [0.1, 0.15) is 12.3 Å². The molecule has 11 heteroatoms. The van der Waals surface area contributed by atoms with E-state index in [1.165, 1.54) is 46.4 Å². The van der Waals surface area contributed by atoms with Gasteiger partial charge < -0.3 is 9.47 Å². The second-order valence-corrected chi connectivity index (χ2v) is 7.69. The van der Waals surface area contributed by atoms with Crippen molar-refractivity contribution >= 4 is 49.9 Å². The minimum atomic E-state index is -0.564. The molecule has 10 nitrogen and oxygen atoms in total. The zero-order valence-corrected chi connectivity index (χ0v) is 17.3. The van der Waals surface area contributed by atoms with Crippen molar-refractivity contribution in [1.29, 1.82) is 0 Å². The molecule has 0 saturated heterocycles. The third kappa shape index (κ3) is 4.18. The predicted octanol–water partition coefficient (Wildman–Crippen LogP) is 2.61. The van der Waals surface area contributed by atoms with Crippen LogP contribution < -0.4 is 14.5 Å². The highest BCUT2D eigenvalue weighted by molar-refractivity contribution is 7.22. The molecule has 4 rings (SSSR count). The summed E-state index contributed by atoms with van der Waals surface area (Å²) in [4.78, 5) is 43.5. The number of thiazole rings is 1. The normalized spacial score (nSPS) is 13.1. The van der Waals surface area contributed by atoms with Gasteiger partial charge in [0.25, 0.3) is 11.6 Å². The van der Waals surface area contributed by atoms with E-state index in [0.29, 0.717) is 10.9 Å². The smallest absolute Gasteiger partial charge is 0.271 e. The number of fused-ring (bicyclic) bond motifs is 2. The third-order valence-electron chi connectivity index (χ3n) is 4.72. The number of hydrogen-bond acceptors (Lipinski definition) is 8. The lowest BCUT2D eigenvalue weighted by atomic mass is 10.2. The van der Waals surface area contributed by atoms with Gasteiger partial charge in [0.15, 0.2) is 11.7 Å². The second-order valence-electron chi connectivity index (χ2n) is 6.68. The van der Waals surface area contributed by atoms with Crippen LogP contribution in [0.25, 0.3) is 10.2 Å². The first-order chi connectivity index (χ1) is 15.0. The highest BCUT2D eigenvalue weighted by Gasteiger charge is 2.31. The molecule has 0 bridgehead atoms. The lowest BCUT2D eigenvalue weighted by molar-refractivity contribution is -0.384. The molecule has 31 heavy (non-hydrogen) atoms. The summed E-state index contributed by atoms with van der Waals surface area (Å²) in [6.45, 7) is -0.0381. The number of hydrogen-bond donors (Lipinski definition) is 0. The number of nitro benzene ring substituents is 1. The summed E-state index contributed by atoms with van der Waals surface area (Å²) in [5.41, 5.74) is 0.757. The Labute approximate surface area is 180 Å². The van der Waals surface area contributed by atoms with Gasteiger partial charge in [0.05, 0.1) is 34.0 Å². The average molecular weight is 442 g/mol. The van der Waals surface area contributed by atoms with E-state index in [1.54, 1.807) is 0 Å². The van der Waals surface area contributed by atoms with Crippen molar-refractivity contribution in [3.05, 3.63) is 52.6 Å². The van der Waals surface area contributed by atoms with Crippen LogP contribution in [-0.4, -0.2) is 55.1 Å². The number of para-hydroxylation sites is 1. The molecule has 3 aromatic rings. The van der Waals surface area contributed by atoms with Gasteiger partial charge in [-0.2, -0.15) is 0 Å². The summed E-state index contributed by atoms with van der Waals surface area (Å²) in [7, 11) is 1.53. The van der Waals surface area contributed by atoms with Crippen molar-refractivity contribution in [3.8, 4) is 5.75 Å². The Kier molecular flexibility index (Phi) is 5.78. The molecule has 0 aliphatic carbocycles. The third-order valence-corrected chi connectivity index (χ3v) is 5.78. The van der Waals surface area contributed by atoms with E-state index in [2.05, 4.69) is 4.98 Å². The molecular formula is C20H18N4O6S. The fourth-order valence-corrected chi connectivity index (χ4v) is 4.19. The van der Waals surface area contributed by atoms with Crippen LogP contribution in [0.2, 0.25) is 0 Å². The monoisotopic (exact) mass is 442 g/mol. The molecule has 160 valence electrons. The van der Waals surface area contributed by atoms with E-state index in [4.69, 9.17) is 9.47 Å². The number of carbonyl (C=O) groups is 2. The highest BCUT2D eigenvalue weighted by Crippen LogP contribution is 2.35. The molecule has 2 heterocycles. The number of nitro groups is 1. The number of amides is 2. The zero-order chi connectivity index (χ0) is 22.0. The van der Waals surface area contributed by atoms with Crippen LogP contribution in [0.4, 0.5) is 16.5 Å². The molecule has 1 aliphatic heterocycles. The maximum Gasteiger partial charge on any atom is 0.271 e. The van der Waals surface area contributed by atoms with Crippen molar-refractivity contribution in [3.63, 3.8) is 0 Å². The molecule has 1 aromatic heterocycles. The number of ether oxygens (including phenoxy) is 2. The van der Waals surface area contributed by atoms with Gasteiger partial charge in [-0.05, 0) is 18.2 Å². The largest absolute Gasteiger partial charge is 0.482 e. The molecule has 0 atom stereocenters. The molecular weight excluding hydrogens is 424 g/mol. The molecule has 0 spiro atoms.